The first-order valence-corrected chi connectivity index (χ1v) is 1.80. The van der Waals surface area contributed by atoms with Crippen molar-refractivity contribution < 1.29 is 9.90 Å². The van der Waals surface area contributed by atoms with E-state index in [-0.39, 0.29) is 6.54 Å². The molecule has 0 heterocycles. The van der Waals surface area contributed by atoms with E-state index in [4.69, 9.17) is 12.2 Å². The largest absolute Gasteiger partial charge is 0.480 e. The topological polar surface area (TPSA) is 40.5 Å². The fraction of sp³-hybridized carbons (Fsp3) is 0.500. The summed E-state index contributed by atoms with van der Waals surface area (Å²) in [5, 5.41) is 7.96. The molecular formula is C4H7NO2. The first-order chi connectivity index (χ1) is 3.13. The fourth-order valence-electron chi connectivity index (χ4n) is 0.213. The number of likely N-dealkylation sites (N-methyl/N-ethyl adjacent to an activating group) is 1. The summed E-state index contributed by atoms with van der Waals surface area (Å²) in [6.45, 7) is -0.111. The quantitative estimate of drug-likeness (QED) is 0.484. The molecule has 0 atom stereocenters. The van der Waals surface area contributed by atoms with Crippen molar-refractivity contribution in [1.29, 1.82) is 0 Å². The maximum Gasteiger partial charge on any atom is 0.317 e. The van der Waals surface area contributed by atoms with Crippen LogP contribution < -0.4 is 0 Å². The van der Waals surface area contributed by atoms with Crippen LogP contribution in [0.3, 0.4) is 0 Å². The second kappa shape index (κ2) is 2.58. The predicted molar refractivity (Wildman–Crippen MR) is 24.6 cm³/mol. The third-order valence-electron chi connectivity index (χ3n) is 0.385. The van der Waals surface area contributed by atoms with Crippen molar-refractivity contribution in [2.75, 3.05) is 13.6 Å². The normalized spacial score (nSPS) is 9.57. The van der Waals surface area contributed by atoms with Crippen LogP contribution in [0.15, 0.2) is 0 Å². The number of hydrogen-bond acceptors (Lipinski definition) is 2. The Hall–Kier alpha value is -0.570. The molecule has 0 aromatic rings. The van der Waals surface area contributed by atoms with Gasteiger partial charge in [-0.15, -0.1) is 0 Å². The van der Waals surface area contributed by atoms with Gasteiger partial charge in [0, 0.05) is 7.05 Å². The van der Waals surface area contributed by atoms with E-state index in [0.29, 0.717) is 0 Å². The molecule has 0 unspecified atom stereocenters. The lowest BCUT2D eigenvalue weighted by Crippen LogP contribution is -2.18. The van der Waals surface area contributed by atoms with Gasteiger partial charge in [0.15, 0.2) is 0 Å². The number of rotatable bonds is 2. The highest BCUT2D eigenvalue weighted by Gasteiger charge is 1.95. The van der Waals surface area contributed by atoms with E-state index in [0.717, 1.165) is 4.90 Å². The Bertz CT molecular complexity index is 70.1. The summed E-state index contributed by atoms with van der Waals surface area (Å²) in [6.07, 6.45) is 0. The summed E-state index contributed by atoms with van der Waals surface area (Å²) in [5.74, 6) is -0.912. The molecule has 0 aliphatic rings. The summed E-state index contributed by atoms with van der Waals surface area (Å²) < 4.78 is 0. The van der Waals surface area contributed by atoms with Crippen molar-refractivity contribution in [3.63, 3.8) is 0 Å². The molecule has 0 aliphatic heterocycles. The van der Waals surface area contributed by atoms with E-state index in [2.05, 4.69) is 0 Å². The Kier molecular flexibility index (Phi) is 2.37. The molecule has 0 aromatic carbocycles. The van der Waals surface area contributed by atoms with Crippen molar-refractivity contribution in [1.82, 2.24) is 4.90 Å². The molecule has 0 bridgehead atoms. The first kappa shape index (κ1) is 6.43. The van der Waals surface area contributed by atoms with E-state index in [1.54, 1.807) is 0 Å². The van der Waals surface area contributed by atoms with Gasteiger partial charge in [0.05, 0.1) is 6.54 Å². The van der Waals surface area contributed by atoms with Crippen LogP contribution in [0, 0.1) is 7.05 Å². The van der Waals surface area contributed by atoms with Gasteiger partial charge in [-0.2, -0.15) is 0 Å². The van der Waals surface area contributed by atoms with E-state index >= 15 is 0 Å². The number of carboxylic acids is 1. The summed E-state index contributed by atoms with van der Waals surface area (Å²) in [5.41, 5.74) is 0. The molecule has 3 heteroatoms. The van der Waals surface area contributed by atoms with Crippen LogP contribution in [0.25, 0.3) is 0 Å². The molecule has 0 saturated heterocycles. The zero-order valence-electron chi connectivity index (χ0n) is 4.09. The lowest BCUT2D eigenvalue weighted by Gasteiger charge is -2.00. The number of carboxylic acid groups (broad SMARTS) is 1. The highest BCUT2D eigenvalue weighted by Crippen LogP contribution is 1.72. The van der Waals surface area contributed by atoms with Crippen molar-refractivity contribution in [2.24, 2.45) is 0 Å². The number of carbonyl (C=O) groups is 1. The van der Waals surface area contributed by atoms with Crippen LogP contribution >= 0.6 is 0 Å². The molecule has 0 fully saturated rings. The predicted octanol–water partition coefficient (Wildman–Crippen LogP) is -0.329. The van der Waals surface area contributed by atoms with Crippen LogP contribution in [0.5, 0.6) is 0 Å². The van der Waals surface area contributed by atoms with Gasteiger partial charge in [-0.1, -0.05) is 0 Å². The van der Waals surface area contributed by atoms with Gasteiger partial charge in [0.25, 0.3) is 0 Å². The molecule has 2 radical (unpaired) electrons. The zero-order valence-corrected chi connectivity index (χ0v) is 4.09. The van der Waals surface area contributed by atoms with Gasteiger partial charge in [0.2, 0.25) is 0 Å². The molecule has 0 aliphatic carbocycles. The maximum atomic E-state index is 9.69. The second-order valence-electron chi connectivity index (χ2n) is 1.31. The Morgan fingerprint density at radius 1 is 2.00 bits per heavy atom. The van der Waals surface area contributed by atoms with Crippen LogP contribution in [-0.4, -0.2) is 29.6 Å². The number of hydrogen-bond donors (Lipinski definition) is 1. The minimum absolute atomic E-state index is 0.111. The SMILES string of the molecule is [CH]N(C)CC(=O)O. The van der Waals surface area contributed by atoms with Gasteiger partial charge in [-0.05, 0) is 7.05 Å². The zero-order chi connectivity index (χ0) is 5.86. The Labute approximate surface area is 42.5 Å². The second-order valence-corrected chi connectivity index (χ2v) is 1.31. The third-order valence-corrected chi connectivity index (χ3v) is 0.385. The monoisotopic (exact) mass is 101 g/mol. The smallest absolute Gasteiger partial charge is 0.317 e. The highest BCUT2D eigenvalue weighted by molar-refractivity contribution is 5.68. The molecule has 1 N–H and O–H groups in total. The molecule has 40 valence electrons. The lowest BCUT2D eigenvalue weighted by atomic mass is 10.6. The van der Waals surface area contributed by atoms with E-state index < -0.39 is 5.97 Å². The molecule has 7 heavy (non-hydrogen) atoms. The van der Waals surface area contributed by atoms with Crippen molar-refractivity contribution in [3.05, 3.63) is 7.05 Å². The van der Waals surface area contributed by atoms with Gasteiger partial charge in [-0.25, -0.2) is 0 Å². The van der Waals surface area contributed by atoms with Gasteiger partial charge in [-0.3, -0.25) is 9.69 Å². The van der Waals surface area contributed by atoms with Crippen molar-refractivity contribution in [2.45, 2.75) is 0 Å². The molecule has 0 aromatic heterocycles. The highest BCUT2D eigenvalue weighted by atomic mass is 16.4. The van der Waals surface area contributed by atoms with Crippen LogP contribution in [-0.2, 0) is 4.79 Å². The maximum absolute atomic E-state index is 9.69. The van der Waals surface area contributed by atoms with Crippen molar-refractivity contribution >= 4 is 5.97 Å². The Morgan fingerprint density at radius 3 is 2.43 bits per heavy atom. The van der Waals surface area contributed by atoms with Gasteiger partial charge in [0.1, 0.15) is 0 Å². The summed E-state index contributed by atoms with van der Waals surface area (Å²) in [6, 6.07) is 0. The van der Waals surface area contributed by atoms with Gasteiger partial charge >= 0.3 is 5.97 Å². The average Bonchev–Trinajstić information content (AvgIpc) is 1.27. The van der Waals surface area contributed by atoms with E-state index in [1.807, 2.05) is 0 Å². The van der Waals surface area contributed by atoms with Crippen molar-refractivity contribution in [3.8, 4) is 0 Å². The molecule has 0 spiro atoms. The van der Waals surface area contributed by atoms with E-state index in [1.165, 1.54) is 7.05 Å². The summed E-state index contributed by atoms with van der Waals surface area (Å²) in [7, 11) is 6.44. The third kappa shape index (κ3) is 5.43. The Morgan fingerprint density at radius 2 is 2.43 bits per heavy atom. The first-order valence-electron chi connectivity index (χ1n) is 1.80. The number of aliphatic carboxylic acids is 1. The summed E-state index contributed by atoms with van der Waals surface area (Å²) >= 11 is 0. The molecular weight excluding hydrogens is 94.0 g/mol. The van der Waals surface area contributed by atoms with Crippen LogP contribution in [0.1, 0.15) is 0 Å². The van der Waals surface area contributed by atoms with Crippen LogP contribution in [0.2, 0.25) is 0 Å². The molecule has 0 amide bonds. The lowest BCUT2D eigenvalue weighted by molar-refractivity contribution is -0.137. The van der Waals surface area contributed by atoms with E-state index in [9.17, 15) is 4.79 Å². The molecule has 0 saturated carbocycles. The minimum atomic E-state index is -0.912. The minimum Gasteiger partial charge on any atom is -0.480 e. The van der Waals surface area contributed by atoms with Gasteiger partial charge < -0.3 is 5.11 Å². The Balaban J connectivity index is 3.13. The number of nitrogens with zero attached hydrogens (tertiary/aromatic N) is 1. The fourth-order valence-corrected chi connectivity index (χ4v) is 0.213. The summed E-state index contributed by atoms with van der Waals surface area (Å²) in [4.78, 5) is 10.8. The average molecular weight is 101 g/mol. The standard InChI is InChI=1S/C4H7NO2/c1-5(2)3-4(6)7/h1H,3H2,2H3,(H,6,7). The molecule has 0 rings (SSSR count). The van der Waals surface area contributed by atoms with Crippen LogP contribution in [0.4, 0.5) is 0 Å². The molecule has 3 nitrogen and oxygen atoms in total.